The van der Waals surface area contributed by atoms with E-state index in [0.29, 0.717) is 11.7 Å². The van der Waals surface area contributed by atoms with E-state index in [1.807, 2.05) is 19.0 Å². The van der Waals surface area contributed by atoms with E-state index in [4.69, 9.17) is 16.7 Å². The van der Waals surface area contributed by atoms with E-state index in [1.54, 1.807) is 0 Å². The van der Waals surface area contributed by atoms with Crippen LogP contribution in [0, 0.1) is 5.92 Å². The number of aromatic nitrogens is 1. The van der Waals surface area contributed by atoms with E-state index in [2.05, 4.69) is 23.7 Å². The third kappa shape index (κ3) is 4.65. The number of likely N-dealkylation sites (N-methyl/N-ethyl adjacent to an activating group) is 1. The smallest absolute Gasteiger partial charge is 0.337 e. The van der Waals surface area contributed by atoms with E-state index in [9.17, 15) is 4.79 Å². The maximum Gasteiger partial charge on any atom is 0.337 e. The lowest BCUT2D eigenvalue weighted by Crippen LogP contribution is -2.35. The van der Waals surface area contributed by atoms with Crippen molar-refractivity contribution in [3.05, 3.63) is 22.8 Å². The molecule has 6 heteroatoms. The molecule has 0 bridgehead atoms. The molecule has 0 aliphatic carbocycles. The molecule has 1 aromatic heterocycles. The highest BCUT2D eigenvalue weighted by molar-refractivity contribution is 6.35. The Morgan fingerprint density at radius 3 is 2.55 bits per heavy atom. The molecule has 1 rings (SSSR count). The predicted molar refractivity (Wildman–Crippen MR) is 81.8 cm³/mol. The lowest BCUT2D eigenvalue weighted by Gasteiger charge is -2.28. The van der Waals surface area contributed by atoms with Crippen molar-refractivity contribution in [1.82, 2.24) is 9.88 Å². The van der Waals surface area contributed by atoms with Crippen LogP contribution in [0.3, 0.4) is 0 Å². The van der Waals surface area contributed by atoms with E-state index < -0.39 is 5.97 Å². The summed E-state index contributed by atoms with van der Waals surface area (Å²) in [6.45, 7) is 6.60. The van der Waals surface area contributed by atoms with E-state index in [-0.39, 0.29) is 10.6 Å². The zero-order valence-corrected chi connectivity index (χ0v) is 13.2. The molecule has 0 amide bonds. The van der Waals surface area contributed by atoms with Crippen LogP contribution in [0.25, 0.3) is 0 Å². The number of anilines is 1. The number of aromatic carboxylic acids is 1. The van der Waals surface area contributed by atoms with Gasteiger partial charge in [0, 0.05) is 25.8 Å². The van der Waals surface area contributed by atoms with Gasteiger partial charge in [0.25, 0.3) is 0 Å². The molecule has 1 aromatic rings. The fraction of sp³-hybridized carbons (Fsp3) is 0.571. The van der Waals surface area contributed by atoms with Gasteiger partial charge in [-0.05, 0) is 26.1 Å². The molecular weight excluding hydrogens is 278 g/mol. The average molecular weight is 300 g/mol. The van der Waals surface area contributed by atoms with Crippen molar-refractivity contribution < 1.29 is 9.90 Å². The Morgan fingerprint density at radius 1 is 1.40 bits per heavy atom. The summed E-state index contributed by atoms with van der Waals surface area (Å²) in [4.78, 5) is 19.5. The molecule has 112 valence electrons. The van der Waals surface area contributed by atoms with Gasteiger partial charge in [-0.25, -0.2) is 9.78 Å². The summed E-state index contributed by atoms with van der Waals surface area (Å²) in [5, 5.41) is 9.34. The normalized spacial score (nSPS) is 11.2. The van der Waals surface area contributed by atoms with Crippen molar-refractivity contribution in [1.29, 1.82) is 0 Å². The topological polar surface area (TPSA) is 56.7 Å². The van der Waals surface area contributed by atoms with Crippen molar-refractivity contribution in [3.8, 4) is 0 Å². The number of hydrogen-bond acceptors (Lipinski definition) is 4. The van der Waals surface area contributed by atoms with Gasteiger partial charge in [0.1, 0.15) is 5.82 Å². The minimum absolute atomic E-state index is 0.0928. The Balaban J connectivity index is 3.06. The minimum Gasteiger partial charge on any atom is -0.478 e. The van der Waals surface area contributed by atoms with E-state index in [1.165, 1.54) is 12.3 Å². The standard InChI is InChI=1S/C14H22ClN3O2/c1-10(2)9-18(8-7-17(3)4)13-12(15)11(14(19)20)5-6-16-13/h5-6,10H,7-9H2,1-4H3,(H,19,20). The highest BCUT2D eigenvalue weighted by atomic mass is 35.5. The Labute approximate surface area is 125 Å². The van der Waals surface area contributed by atoms with Crippen LogP contribution in [0.5, 0.6) is 0 Å². The van der Waals surface area contributed by atoms with Crippen LogP contribution >= 0.6 is 11.6 Å². The molecule has 0 atom stereocenters. The molecule has 0 saturated heterocycles. The second kappa shape index (κ2) is 7.45. The van der Waals surface area contributed by atoms with Gasteiger partial charge in [-0.3, -0.25) is 0 Å². The fourth-order valence-electron chi connectivity index (χ4n) is 1.86. The molecule has 1 N–H and O–H groups in total. The number of halogens is 1. The molecule has 0 unspecified atom stereocenters. The number of carboxylic acids is 1. The van der Waals surface area contributed by atoms with Gasteiger partial charge in [0.15, 0.2) is 0 Å². The monoisotopic (exact) mass is 299 g/mol. The number of rotatable bonds is 7. The van der Waals surface area contributed by atoms with E-state index >= 15 is 0 Å². The Bertz CT molecular complexity index is 464. The van der Waals surface area contributed by atoms with E-state index in [0.717, 1.165) is 19.6 Å². The molecule has 0 radical (unpaired) electrons. The summed E-state index contributed by atoms with van der Waals surface area (Å²) < 4.78 is 0. The lowest BCUT2D eigenvalue weighted by molar-refractivity contribution is 0.0697. The number of nitrogens with zero attached hydrogens (tertiary/aromatic N) is 3. The van der Waals surface area contributed by atoms with Crippen LogP contribution in [0.2, 0.25) is 5.02 Å². The quantitative estimate of drug-likeness (QED) is 0.838. The molecule has 5 nitrogen and oxygen atoms in total. The maximum absolute atomic E-state index is 11.1. The van der Waals surface area contributed by atoms with Crippen molar-refractivity contribution >= 4 is 23.4 Å². The van der Waals surface area contributed by atoms with Gasteiger partial charge in [0.2, 0.25) is 0 Å². The average Bonchev–Trinajstić information content (AvgIpc) is 2.34. The molecule has 0 aromatic carbocycles. The zero-order chi connectivity index (χ0) is 15.3. The largest absolute Gasteiger partial charge is 0.478 e. The van der Waals surface area contributed by atoms with Crippen molar-refractivity contribution in [2.45, 2.75) is 13.8 Å². The number of hydrogen-bond donors (Lipinski definition) is 1. The highest BCUT2D eigenvalue weighted by Crippen LogP contribution is 2.27. The van der Waals surface area contributed by atoms with Gasteiger partial charge in [-0.15, -0.1) is 0 Å². The van der Waals surface area contributed by atoms with Gasteiger partial charge < -0.3 is 14.9 Å². The first-order valence-corrected chi connectivity index (χ1v) is 6.98. The summed E-state index contributed by atoms with van der Waals surface area (Å²) in [6, 6.07) is 1.42. The fourth-order valence-corrected chi connectivity index (χ4v) is 2.18. The predicted octanol–water partition coefficient (Wildman–Crippen LogP) is 2.46. The maximum atomic E-state index is 11.1. The minimum atomic E-state index is -1.03. The van der Waals surface area contributed by atoms with Crippen LogP contribution in [-0.2, 0) is 0 Å². The van der Waals surface area contributed by atoms with Crippen molar-refractivity contribution in [2.75, 3.05) is 38.6 Å². The molecule has 0 aliphatic heterocycles. The third-order valence-corrected chi connectivity index (χ3v) is 3.18. The number of carboxylic acid groups (broad SMARTS) is 1. The van der Waals surface area contributed by atoms with Crippen molar-refractivity contribution in [2.24, 2.45) is 5.92 Å². The number of carbonyl (C=O) groups is 1. The lowest BCUT2D eigenvalue weighted by atomic mass is 10.2. The Hall–Kier alpha value is -1.33. The Morgan fingerprint density at radius 2 is 2.05 bits per heavy atom. The summed E-state index contributed by atoms with van der Waals surface area (Å²) >= 11 is 6.20. The van der Waals surface area contributed by atoms with Crippen LogP contribution in [-0.4, -0.2) is 54.7 Å². The SMILES string of the molecule is CC(C)CN(CCN(C)C)c1nccc(C(=O)O)c1Cl. The molecular formula is C14H22ClN3O2. The Kier molecular flexibility index (Phi) is 6.23. The molecule has 0 spiro atoms. The van der Waals surface area contributed by atoms with Crippen LogP contribution < -0.4 is 4.90 Å². The van der Waals surface area contributed by atoms with Crippen LogP contribution in [0.4, 0.5) is 5.82 Å². The molecule has 20 heavy (non-hydrogen) atoms. The van der Waals surface area contributed by atoms with Crippen LogP contribution in [0.1, 0.15) is 24.2 Å². The summed E-state index contributed by atoms with van der Waals surface area (Å²) in [5.74, 6) is -0.0543. The summed E-state index contributed by atoms with van der Waals surface area (Å²) in [5.41, 5.74) is 0.0928. The first-order chi connectivity index (χ1) is 9.32. The zero-order valence-electron chi connectivity index (χ0n) is 12.4. The molecule has 0 fully saturated rings. The van der Waals surface area contributed by atoms with Crippen molar-refractivity contribution in [3.63, 3.8) is 0 Å². The number of pyridine rings is 1. The van der Waals surface area contributed by atoms with Crippen LogP contribution in [0.15, 0.2) is 12.3 Å². The molecule has 1 heterocycles. The highest BCUT2D eigenvalue weighted by Gasteiger charge is 2.19. The first-order valence-electron chi connectivity index (χ1n) is 6.60. The van der Waals surface area contributed by atoms with Gasteiger partial charge in [-0.2, -0.15) is 0 Å². The summed E-state index contributed by atoms with van der Waals surface area (Å²) in [6.07, 6.45) is 1.49. The second-order valence-corrected chi connectivity index (χ2v) is 5.82. The second-order valence-electron chi connectivity index (χ2n) is 5.44. The third-order valence-electron chi connectivity index (χ3n) is 2.80. The van der Waals surface area contributed by atoms with Gasteiger partial charge in [-0.1, -0.05) is 25.4 Å². The summed E-state index contributed by atoms with van der Waals surface area (Å²) in [7, 11) is 3.99. The molecule has 0 saturated carbocycles. The van der Waals surface area contributed by atoms with Gasteiger partial charge in [0.05, 0.1) is 10.6 Å². The van der Waals surface area contributed by atoms with Gasteiger partial charge >= 0.3 is 5.97 Å². The first kappa shape index (κ1) is 16.7. The molecule has 0 aliphatic rings.